The molecule has 0 spiro atoms. The molecule has 0 aliphatic rings. The van der Waals surface area contributed by atoms with Crippen molar-refractivity contribution < 1.29 is 8.78 Å². The quantitative estimate of drug-likeness (QED) is 0.751. The van der Waals surface area contributed by atoms with Crippen LogP contribution in [0, 0.1) is 6.92 Å². The molecule has 1 rings (SSSR count). The third kappa shape index (κ3) is 2.77. The Balaban J connectivity index is 2.52. The minimum atomic E-state index is -2.36. The van der Waals surface area contributed by atoms with E-state index in [-0.39, 0.29) is 6.54 Å². The Bertz CT molecular complexity index is 252. The van der Waals surface area contributed by atoms with Gasteiger partial charge in [0.1, 0.15) is 11.6 Å². The highest BCUT2D eigenvalue weighted by Gasteiger charge is 2.01. The van der Waals surface area contributed by atoms with Gasteiger partial charge in [0.2, 0.25) is 0 Å². The van der Waals surface area contributed by atoms with Crippen molar-refractivity contribution in [3.63, 3.8) is 0 Å². The molecule has 5 heteroatoms. The van der Waals surface area contributed by atoms with Crippen LogP contribution in [0.25, 0.3) is 0 Å². The molecule has 1 aromatic rings. The summed E-state index contributed by atoms with van der Waals surface area (Å²) in [6.07, 6.45) is -0.837. The molecule has 0 radical (unpaired) electrons. The van der Waals surface area contributed by atoms with E-state index in [4.69, 9.17) is 0 Å². The summed E-state index contributed by atoms with van der Waals surface area (Å²) >= 11 is 0. The topological polar surface area (TPSA) is 37.8 Å². The van der Waals surface area contributed by atoms with Gasteiger partial charge in [0.05, 0.1) is 6.54 Å². The van der Waals surface area contributed by atoms with Crippen molar-refractivity contribution in [1.29, 1.82) is 0 Å². The molecule has 0 aliphatic carbocycles. The minimum absolute atomic E-state index is 0.379. The second-order valence-electron chi connectivity index (χ2n) is 2.26. The molecule has 0 aliphatic heterocycles. The maximum absolute atomic E-state index is 11.7. The number of anilines is 1. The standard InChI is InChI=1S/C7H9F2N3/c1-5-10-3-2-7(12-5)11-4-6(8)9/h2-3,6H,4H2,1H3,(H,10,11,12). The van der Waals surface area contributed by atoms with E-state index in [0.29, 0.717) is 11.6 Å². The van der Waals surface area contributed by atoms with Crippen LogP contribution in [0.3, 0.4) is 0 Å². The predicted molar refractivity (Wildman–Crippen MR) is 41.3 cm³/mol. The van der Waals surface area contributed by atoms with E-state index >= 15 is 0 Å². The summed E-state index contributed by atoms with van der Waals surface area (Å²) in [5, 5.41) is 2.48. The fourth-order valence-electron chi connectivity index (χ4n) is 0.736. The Kier molecular flexibility index (Phi) is 2.90. The summed E-state index contributed by atoms with van der Waals surface area (Å²) in [4.78, 5) is 7.72. The summed E-state index contributed by atoms with van der Waals surface area (Å²) in [5.74, 6) is 0.997. The zero-order chi connectivity index (χ0) is 8.97. The van der Waals surface area contributed by atoms with Crippen molar-refractivity contribution in [2.45, 2.75) is 13.3 Å². The Morgan fingerprint density at radius 3 is 2.92 bits per heavy atom. The smallest absolute Gasteiger partial charge is 0.255 e. The number of nitrogens with one attached hydrogen (secondary N) is 1. The lowest BCUT2D eigenvalue weighted by Crippen LogP contribution is -2.11. The van der Waals surface area contributed by atoms with Crippen LogP contribution in [0.15, 0.2) is 12.3 Å². The summed E-state index contributed by atoms with van der Waals surface area (Å²) in [5.41, 5.74) is 0. The summed E-state index contributed by atoms with van der Waals surface area (Å²) in [7, 11) is 0. The maximum Gasteiger partial charge on any atom is 0.255 e. The number of rotatable bonds is 3. The van der Waals surface area contributed by atoms with Crippen molar-refractivity contribution in [2.75, 3.05) is 11.9 Å². The maximum atomic E-state index is 11.7. The van der Waals surface area contributed by atoms with Crippen molar-refractivity contribution >= 4 is 5.82 Å². The molecule has 0 unspecified atom stereocenters. The Labute approximate surface area is 68.8 Å². The Hall–Kier alpha value is -1.26. The average Bonchev–Trinajstić information content (AvgIpc) is 2.01. The van der Waals surface area contributed by atoms with Crippen molar-refractivity contribution in [3.8, 4) is 0 Å². The highest BCUT2D eigenvalue weighted by molar-refractivity contribution is 5.32. The van der Waals surface area contributed by atoms with Gasteiger partial charge in [-0.25, -0.2) is 18.7 Å². The van der Waals surface area contributed by atoms with Crippen LogP contribution in [0.1, 0.15) is 5.82 Å². The molecule has 0 bridgehead atoms. The molecule has 0 saturated carbocycles. The van der Waals surface area contributed by atoms with E-state index in [1.54, 1.807) is 13.0 Å². The van der Waals surface area contributed by atoms with Gasteiger partial charge in [-0.15, -0.1) is 0 Å². The largest absolute Gasteiger partial charge is 0.364 e. The molecule has 3 nitrogen and oxygen atoms in total. The molecule has 1 N–H and O–H groups in total. The molecule has 12 heavy (non-hydrogen) atoms. The Morgan fingerprint density at radius 2 is 2.33 bits per heavy atom. The van der Waals surface area contributed by atoms with Crippen LogP contribution < -0.4 is 5.32 Å². The van der Waals surface area contributed by atoms with Crippen molar-refractivity contribution in [2.24, 2.45) is 0 Å². The number of nitrogens with zero attached hydrogens (tertiary/aromatic N) is 2. The summed E-state index contributed by atoms with van der Waals surface area (Å²) < 4.78 is 23.4. The van der Waals surface area contributed by atoms with E-state index in [2.05, 4.69) is 15.3 Å². The third-order valence-corrected chi connectivity index (χ3v) is 1.21. The number of aryl methyl sites for hydroxylation is 1. The number of aromatic nitrogens is 2. The van der Waals surface area contributed by atoms with Crippen LogP contribution in [0.4, 0.5) is 14.6 Å². The zero-order valence-electron chi connectivity index (χ0n) is 6.59. The molecule has 0 aromatic carbocycles. The van der Waals surface area contributed by atoms with E-state index < -0.39 is 6.43 Å². The first-order valence-corrected chi connectivity index (χ1v) is 3.50. The summed E-state index contributed by atoms with van der Waals surface area (Å²) in [6.45, 7) is 1.32. The number of hydrogen-bond donors (Lipinski definition) is 1. The average molecular weight is 173 g/mol. The molecule has 0 fully saturated rings. The van der Waals surface area contributed by atoms with Crippen LogP contribution in [0.2, 0.25) is 0 Å². The van der Waals surface area contributed by atoms with Gasteiger partial charge < -0.3 is 5.32 Å². The van der Waals surface area contributed by atoms with Crippen LogP contribution in [-0.2, 0) is 0 Å². The molecular weight excluding hydrogens is 164 g/mol. The highest BCUT2D eigenvalue weighted by atomic mass is 19.3. The van der Waals surface area contributed by atoms with Crippen LogP contribution >= 0.6 is 0 Å². The second-order valence-corrected chi connectivity index (χ2v) is 2.26. The molecule has 66 valence electrons. The zero-order valence-corrected chi connectivity index (χ0v) is 6.59. The second kappa shape index (κ2) is 3.94. The molecule has 1 heterocycles. The van der Waals surface area contributed by atoms with Crippen molar-refractivity contribution in [1.82, 2.24) is 9.97 Å². The first kappa shape index (κ1) is 8.83. The van der Waals surface area contributed by atoms with Crippen LogP contribution in [-0.4, -0.2) is 22.9 Å². The normalized spacial score (nSPS) is 10.3. The first-order valence-electron chi connectivity index (χ1n) is 3.50. The fourth-order valence-corrected chi connectivity index (χ4v) is 0.736. The fraction of sp³-hybridized carbons (Fsp3) is 0.429. The van der Waals surface area contributed by atoms with Crippen LogP contribution in [0.5, 0.6) is 0 Å². The summed E-state index contributed by atoms with van der Waals surface area (Å²) in [6, 6.07) is 1.55. The Morgan fingerprint density at radius 1 is 1.58 bits per heavy atom. The number of hydrogen-bond acceptors (Lipinski definition) is 3. The first-order chi connectivity index (χ1) is 5.68. The van der Waals surface area contributed by atoms with Gasteiger partial charge in [0.25, 0.3) is 6.43 Å². The highest BCUT2D eigenvalue weighted by Crippen LogP contribution is 2.02. The predicted octanol–water partition coefficient (Wildman–Crippen LogP) is 1.46. The SMILES string of the molecule is Cc1nccc(NCC(F)F)n1. The minimum Gasteiger partial charge on any atom is -0.364 e. The van der Waals surface area contributed by atoms with Gasteiger partial charge in [-0.05, 0) is 13.0 Å². The van der Waals surface area contributed by atoms with Gasteiger partial charge in [-0.2, -0.15) is 0 Å². The van der Waals surface area contributed by atoms with E-state index in [0.717, 1.165) is 0 Å². The lowest BCUT2D eigenvalue weighted by atomic mass is 10.5. The van der Waals surface area contributed by atoms with Gasteiger partial charge in [-0.3, -0.25) is 0 Å². The molecular formula is C7H9F2N3. The van der Waals surface area contributed by atoms with Gasteiger partial charge in [0, 0.05) is 6.20 Å². The van der Waals surface area contributed by atoms with Gasteiger partial charge >= 0.3 is 0 Å². The van der Waals surface area contributed by atoms with Gasteiger partial charge in [0.15, 0.2) is 0 Å². The number of halogens is 2. The number of alkyl halides is 2. The molecule has 1 aromatic heterocycles. The lowest BCUT2D eigenvalue weighted by Gasteiger charge is -2.03. The lowest BCUT2D eigenvalue weighted by molar-refractivity contribution is 0.163. The molecule has 0 saturated heterocycles. The van der Waals surface area contributed by atoms with E-state index in [9.17, 15) is 8.78 Å². The third-order valence-electron chi connectivity index (χ3n) is 1.21. The molecule has 0 amide bonds. The van der Waals surface area contributed by atoms with E-state index in [1.807, 2.05) is 0 Å². The van der Waals surface area contributed by atoms with Crippen molar-refractivity contribution in [3.05, 3.63) is 18.1 Å². The monoisotopic (exact) mass is 173 g/mol. The van der Waals surface area contributed by atoms with Gasteiger partial charge in [-0.1, -0.05) is 0 Å². The van der Waals surface area contributed by atoms with E-state index in [1.165, 1.54) is 6.20 Å². The molecule has 0 atom stereocenters.